The zero-order valence-corrected chi connectivity index (χ0v) is 24.3. The molecule has 1 aliphatic heterocycles. The molecule has 1 fully saturated rings. The topological polar surface area (TPSA) is 102 Å². The van der Waals surface area contributed by atoms with Crippen molar-refractivity contribution in [1.29, 1.82) is 0 Å². The Kier molecular flexibility index (Phi) is 22.1. The summed E-state index contributed by atoms with van der Waals surface area (Å²) >= 11 is 0. The van der Waals surface area contributed by atoms with Gasteiger partial charge in [-0.15, -0.1) is 0 Å². The number of aliphatic hydroxyl groups is 1. The van der Waals surface area contributed by atoms with Gasteiger partial charge < -0.3 is 19.9 Å². The molecule has 0 aromatic rings. The number of carbonyl (C=O) groups excluding carboxylic acids is 3. The summed E-state index contributed by atoms with van der Waals surface area (Å²) < 4.78 is 10.0. The molecule has 1 aliphatic rings. The molecule has 2 N–H and O–H groups in total. The third-order valence-corrected chi connectivity index (χ3v) is 7.37. The number of esters is 2. The fraction of sp³-hybridized carbons (Fsp3) is 0.903. The van der Waals surface area contributed by atoms with E-state index in [4.69, 9.17) is 9.47 Å². The molecule has 7 heteroatoms. The molecule has 0 aromatic carbocycles. The first-order chi connectivity index (χ1) is 18.5. The van der Waals surface area contributed by atoms with E-state index < -0.39 is 18.1 Å². The van der Waals surface area contributed by atoms with Gasteiger partial charge in [0.25, 0.3) is 0 Å². The summed E-state index contributed by atoms with van der Waals surface area (Å²) in [6.45, 7) is 1.83. The molecule has 0 saturated carbocycles. The second-order valence-electron chi connectivity index (χ2n) is 11.1. The van der Waals surface area contributed by atoms with Crippen molar-refractivity contribution in [3.8, 4) is 0 Å². The molecule has 1 saturated heterocycles. The highest BCUT2D eigenvalue weighted by Gasteiger charge is 2.28. The largest absolute Gasteiger partial charge is 0.463 e. The van der Waals surface area contributed by atoms with Gasteiger partial charge in [0.15, 0.2) is 0 Å². The summed E-state index contributed by atoms with van der Waals surface area (Å²) in [5.74, 6) is -1.07. The monoisotopic (exact) mass is 539 g/mol. The second kappa shape index (κ2) is 24.4. The quantitative estimate of drug-likeness (QED) is 0.0913. The van der Waals surface area contributed by atoms with Gasteiger partial charge in [0.2, 0.25) is 5.91 Å². The molecule has 2 unspecified atom stereocenters. The minimum absolute atomic E-state index is 0.175. The number of aliphatic hydroxyl groups excluding tert-OH is 1. The fourth-order valence-electron chi connectivity index (χ4n) is 4.90. The van der Waals surface area contributed by atoms with E-state index in [1.54, 1.807) is 0 Å². The van der Waals surface area contributed by atoms with E-state index in [0.717, 1.165) is 19.3 Å². The van der Waals surface area contributed by atoms with Crippen LogP contribution >= 0.6 is 0 Å². The molecule has 1 amide bonds. The van der Waals surface area contributed by atoms with Crippen LogP contribution in [0.3, 0.4) is 0 Å². The Morgan fingerprint density at radius 2 is 1.16 bits per heavy atom. The summed E-state index contributed by atoms with van der Waals surface area (Å²) in [6.07, 6.45) is 26.4. The number of hydrogen-bond donors (Lipinski definition) is 2. The maximum Gasteiger partial charge on any atom is 0.328 e. The smallest absolute Gasteiger partial charge is 0.328 e. The van der Waals surface area contributed by atoms with Gasteiger partial charge in [-0.25, -0.2) is 4.79 Å². The Balaban J connectivity index is 1.77. The minimum Gasteiger partial charge on any atom is -0.463 e. The molecule has 222 valence electrons. The Morgan fingerprint density at radius 3 is 1.58 bits per heavy atom. The second-order valence-corrected chi connectivity index (χ2v) is 11.1. The van der Waals surface area contributed by atoms with Gasteiger partial charge >= 0.3 is 11.9 Å². The third kappa shape index (κ3) is 20.3. The average Bonchev–Trinajstić information content (AvgIpc) is 3.35. The van der Waals surface area contributed by atoms with Crippen molar-refractivity contribution in [2.75, 3.05) is 13.2 Å². The molecule has 7 nitrogen and oxygen atoms in total. The van der Waals surface area contributed by atoms with Gasteiger partial charge in [0.05, 0.1) is 0 Å². The predicted molar refractivity (Wildman–Crippen MR) is 152 cm³/mol. The lowest BCUT2D eigenvalue weighted by atomic mass is 10.0. The number of hydrogen-bond acceptors (Lipinski definition) is 6. The first-order valence-electron chi connectivity index (χ1n) is 15.8. The van der Waals surface area contributed by atoms with Crippen LogP contribution < -0.4 is 5.32 Å². The van der Waals surface area contributed by atoms with Gasteiger partial charge in [-0.1, -0.05) is 129 Å². The molecular weight excluding hydrogens is 482 g/mol. The lowest BCUT2D eigenvalue weighted by Gasteiger charge is -2.14. The molecule has 0 radical (unpaired) electrons. The highest BCUT2D eigenvalue weighted by molar-refractivity contribution is 5.88. The van der Waals surface area contributed by atoms with E-state index in [1.807, 2.05) is 0 Å². The van der Waals surface area contributed by atoms with Crippen molar-refractivity contribution >= 4 is 17.8 Å². The Bertz CT molecular complexity index is 611. The summed E-state index contributed by atoms with van der Waals surface area (Å²) in [6, 6.07) is -0.642. The van der Waals surface area contributed by atoms with Crippen LogP contribution in [0.4, 0.5) is 0 Å². The molecule has 1 rings (SSSR count). The summed E-state index contributed by atoms with van der Waals surface area (Å²) in [7, 11) is 0. The zero-order chi connectivity index (χ0) is 27.7. The number of unbranched alkanes of at least 4 members (excludes halogenated alkanes) is 19. The predicted octanol–water partition coefficient (Wildman–Crippen LogP) is 6.92. The lowest BCUT2D eigenvalue weighted by Crippen LogP contribution is -2.36. The van der Waals surface area contributed by atoms with Crippen molar-refractivity contribution in [2.45, 2.75) is 167 Å². The van der Waals surface area contributed by atoms with E-state index in [0.29, 0.717) is 19.3 Å². The molecule has 0 spiro atoms. The van der Waals surface area contributed by atoms with Crippen LogP contribution in [0.15, 0.2) is 0 Å². The van der Waals surface area contributed by atoms with Crippen molar-refractivity contribution in [3.63, 3.8) is 0 Å². The molecule has 1 heterocycles. The lowest BCUT2D eigenvalue weighted by molar-refractivity contribution is -0.154. The first kappa shape index (κ1) is 34.4. The number of ether oxygens (including phenoxy) is 2. The maximum atomic E-state index is 11.8. The van der Waals surface area contributed by atoms with Crippen molar-refractivity contribution in [1.82, 2.24) is 5.32 Å². The molecular formula is C31H57NO6. The van der Waals surface area contributed by atoms with Crippen LogP contribution in [-0.4, -0.2) is 48.3 Å². The summed E-state index contributed by atoms with van der Waals surface area (Å²) in [5, 5.41) is 12.4. The highest BCUT2D eigenvalue weighted by Crippen LogP contribution is 2.15. The molecule has 0 aliphatic carbocycles. The Labute approximate surface area is 232 Å². The normalized spacial score (nSPS) is 15.8. The van der Waals surface area contributed by atoms with Gasteiger partial charge in [-0.3, -0.25) is 9.59 Å². The van der Waals surface area contributed by atoms with Gasteiger partial charge in [-0.2, -0.15) is 0 Å². The van der Waals surface area contributed by atoms with Gasteiger partial charge in [-0.05, 0) is 12.8 Å². The van der Waals surface area contributed by atoms with Crippen LogP contribution in [0.2, 0.25) is 0 Å². The maximum absolute atomic E-state index is 11.8. The SMILES string of the molecule is CCCCCCCCCCCCCCCCCCCCCCC(=O)OCC(O)COC(=O)C1CCC(=O)N1. The molecule has 2 atom stereocenters. The average molecular weight is 540 g/mol. The highest BCUT2D eigenvalue weighted by atomic mass is 16.6. The van der Waals surface area contributed by atoms with Crippen LogP contribution in [0, 0.1) is 0 Å². The van der Waals surface area contributed by atoms with E-state index in [-0.39, 0.29) is 25.1 Å². The first-order valence-corrected chi connectivity index (χ1v) is 15.8. The number of nitrogens with one attached hydrogen (secondary N) is 1. The van der Waals surface area contributed by atoms with Crippen molar-refractivity contribution in [3.05, 3.63) is 0 Å². The van der Waals surface area contributed by atoms with Crippen molar-refractivity contribution < 1.29 is 29.0 Å². The van der Waals surface area contributed by atoms with E-state index in [1.165, 1.54) is 109 Å². The van der Waals surface area contributed by atoms with E-state index >= 15 is 0 Å². The molecule has 0 bridgehead atoms. The van der Waals surface area contributed by atoms with E-state index in [9.17, 15) is 19.5 Å². The van der Waals surface area contributed by atoms with Gasteiger partial charge in [0.1, 0.15) is 25.4 Å². The van der Waals surface area contributed by atoms with Crippen LogP contribution in [0.1, 0.15) is 155 Å². The van der Waals surface area contributed by atoms with Crippen LogP contribution in [0.5, 0.6) is 0 Å². The molecule has 0 aromatic heterocycles. The number of rotatable bonds is 26. The Hall–Kier alpha value is -1.63. The zero-order valence-electron chi connectivity index (χ0n) is 24.3. The molecule has 38 heavy (non-hydrogen) atoms. The van der Waals surface area contributed by atoms with Crippen molar-refractivity contribution in [2.24, 2.45) is 0 Å². The number of amides is 1. The Morgan fingerprint density at radius 1 is 0.737 bits per heavy atom. The minimum atomic E-state index is -1.06. The van der Waals surface area contributed by atoms with Crippen LogP contribution in [-0.2, 0) is 23.9 Å². The van der Waals surface area contributed by atoms with Crippen LogP contribution in [0.25, 0.3) is 0 Å². The van der Waals surface area contributed by atoms with E-state index in [2.05, 4.69) is 12.2 Å². The summed E-state index contributed by atoms with van der Waals surface area (Å²) in [4.78, 5) is 34.7. The third-order valence-electron chi connectivity index (χ3n) is 7.37. The van der Waals surface area contributed by atoms with Gasteiger partial charge in [0, 0.05) is 12.8 Å². The fourth-order valence-corrected chi connectivity index (χ4v) is 4.90. The number of carbonyl (C=O) groups is 3. The standard InChI is InChI=1S/C31H57NO6/c1-2-3-4-5-6-7-8-9-10-11-12-13-14-15-16-17-18-19-20-21-22-30(35)37-25-27(33)26-38-31(36)28-23-24-29(34)32-28/h27-28,33H,2-26H2,1H3,(H,32,34). The summed E-state index contributed by atoms with van der Waals surface area (Å²) in [5.41, 5.74) is 0.